The molecule has 0 aliphatic carbocycles. The van der Waals surface area contributed by atoms with Crippen molar-refractivity contribution in [3.8, 4) is 17.0 Å². The Labute approximate surface area is 246 Å². The number of nitrogens with zero attached hydrogens (tertiary/aromatic N) is 2. The van der Waals surface area contributed by atoms with Crippen LogP contribution in [0.1, 0.15) is 35.1 Å². The number of fused-ring (bicyclic) bond motifs is 1. The van der Waals surface area contributed by atoms with Crippen LogP contribution in [0.3, 0.4) is 0 Å². The number of methoxy groups -OCH3 is 1. The van der Waals surface area contributed by atoms with Crippen LogP contribution in [-0.2, 0) is 40.1 Å². The number of aromatic nitrogens is 1. The molecule has 2 aliphatic heterocycles. The van der Waals surface area contributed by atoms with Crippen LogP contribution in [0.25, 0.3) is 11.3 Å². The van der Waals surface area contributed by atoms with Gasteiger partial charge in [-0.1, -0.05) is 30.3 Å². The summed E-state index contributed by atoms with van der Waals surface area (Å²) in [6.45, 7) is 3.04. The molecule has 5 rings (SSSR count). The Morgan fingerprint density at radius 2 is 1.88 bits per heavy atom. The van der Waals surface area contributed by atoms with Crippen molar-refractivity contribution in [1.82, 2.24) is 9.88 Å². The third-order valence-corrected chi connectivity index (χ3v) is 7.52. The minimum absolute atomic E-state index is 0.0829. The molecule has 3 aromatic rings. The summed E-state index contributed by atoms with van der Waals surface area (Å²) in [4.78, 5) is 18.3. The zero-order valence-corrected chi connectivity index (χ0v) is 23.4. The normalized spacial score (nSPS) is 16.3. The maximum absolute atomic E-state index is 14.1. The van der Waals surface area contributed by atoms with Gasteiger partial charge in [-0.15, -0.1) is 0 Å². The lowest BCUT2D eigenvalue weighted by atomic mass is 10.0. The van der Waals surface area contributed by atoms with Crippen LogP contribution in [0.5, 0.6) is 5.75 Å². The van der Waals surface area contributed by atoms with Gasteiger partial charge in [0, 0.05) is 44.1 Å². The summed E-state index contributed by atoms with van der Waals surface area (Å²) in [6, 6.07) is 14.7. The van der Waals surface area contributed by atoms with E-state index in [1.807, 2.05) is 18.2 Å². The highest BCUT2D eigenvalue weighted by Crippen LogP contribution is 2.42. The number of carbonyl (C=O) groups is 1. The summed E-state index contributed by atoms with van der Waals surface area (Å²) in [7, 11) is 1.22. The molecule has 1 fully saturated rings. The third kappa shape index (κ3) is 6.81. The molecule has 0 unspecified atom stereocenters. The smallest absolute Gasteiger partial charge is 0.419 e. The van der Waals surface area contributed by atoms with Gasteiger partial charge in [-0.3, -0.25) is 4.90 Å². The molecule has 2 aromatic carbocycles. The number of para-hydroxylation sites is 1. The standard InChI is InChI=1S/C31H31F3N4O5/c1-41-29(24(15-35)30(39)40)37-27-7-3-6-26(36-27)23-4-2-5-25(31(32,33)34)28(23)43-18-19-8-9-20-16-38(17-21(20)14-19)22-10-12-42-13-11-22/h2-9,14-15,22,35H,10-13,16-18H2,1H3,(H,36,37)(H,39,40)/b29-24-,35-15?. The monoisotopic (exact) mass is 596 g/mol. The molecule has 0 radical (unpaired) electrons. The molecule has 0 atom stereocenters. The number of carboxylic acids is 1. The first-order chi connectivity index (χ1) is 20.7. The lowest BCUT2D eigenvalue weighted by Gasteiger charge is -2.30. The predicted octanol–water partition coefficient (Wildman–Crippen LogP) is 5.85. The molecule has 0 amide bonds. The van der Waals surface area contributed by atoms with Crippen LogP contribution >= 0.6 is 0 Å². The van der Waals surface area contributed by atoms with Gasteiger partial charge in [0.1, 0.15) is 23.7 Å². The minimum atomic E-state index is -4.68. The highest BCUT2D eigenvalue weighted by molar-refractivity contribution is 6.08. The predicted molar refractivity (Wildman–Crippen MR) is 153 cm³/mol. The van der Waals surface area contributed by atoms with Crippen molar-refractivity contribution in [2.75, 3.05) is 25.6 Å². The third-order valence-electron chi connectivity index (χ3n) is 7.52. The highest BCUT2D eigenvalue weighted by atomic mass is 19.4. The maximum atomic E-state index is 14.1. The van der Waals surface area contributed by atoms with Gasteiger partial charge in [-0.2, -0.15) is 13.2 Å². The lowest BCUT2D eigenvalue weighted by Crippen LogP contribution is -2.35. The summed E-state index contributed by atoms with van der Waals surface area (Å²) in [5.41, 5.74) is 1.98. The van der Waals surface area contributed by atoms with Crippen molar-refractivity contribution >= 4 is 18.0 Å². The largest absolute Gasteiger partial charge is 0.488 e. The molecule has 226 valence electrons. The van der Waals surface area contributed by atoms with Gasteiger partial charge >= 0.3 is 12.1 Å². The van der Waals surface area contributed by atoms with E-state index in [2.05, 4.69) is 15.2 Å². The van der Waals surface area contributed by atoms with Gasteiger partial charge in [0.25, 0.3) is 0 Å². The van der Waals surface area contributed by atoms with Crippen molar-refractivity contribution in [3.05, 3.63) is 88.3 Å². The molecule has 0 saturated carbocycles. The van der Waals surface area contributed by atoms with E-state index in [1.165, 1.54) is 36.9 Å². The number of aliphatic carboxylic acids is 1. The molecular weight excluding hydrogens is 565 g/mol. The number of benzene rings is 2. The molecule has 12 heteroatoms. The molecule has 43 heavy (non-hydrogen) atoms. The number of carboxylic acid groups (broad SMARTS) is 1. The van der Waals surface area contributed by atoms with Gasteiger partial charge in [0.15, 0.2) is 0 Å². The summed E-state index contributed by atoms with van der Waals surface area (Å²) < 4.78 is 58.9. The summed E-state index contributed by atoms with van der Waals surface area (Å²) in [6.07, 6.45) is -2.11. The van der Waals surface area contributed by atoms with E-state index in [9.17, 15) is 23.1 Å². The van der Waals surface area contributed by atoms with E-state index in [4.69, 9.17) is 19.6 Å². The van der Waals surface area contributed by atoms with Crippen molar-refractivity contribution in [1.29, 1.82) is 5.41 Å². The van der Waals surface area contributed by atoms with Crippen LogP contribution in [-0.4, -0.2) is 53.5 Å². The van der Waals surface area contributed by atoms with E-state index >= 15 is 0 Å². The van der Waals surface area contributed by atoms with Gasteiger partial charge < -0.3 is 30.0 Å². The Hall–Kier alpha value is -4.42. The number of ether oxygens (including phenoxy) is 3. The molecule has 0 spiro atoms. The molecule has 2 aliphatic rings. The second-order valence-corrected chi connectivity index (χ2v) is 10.2. The molecular formula is C31H31F3N4O5. The van der Waals surface area contributed by atoms with Gasteiger partial charge in [-0.05, 0) is 53.8 Å². The van der Waals surface area contributed by atoms with Crippen LogP contribution in [0.4, 0.5) is 19.0 Å². The molecule has 1 saturated heterocycles. The molecule has 3 heterocycles. The number of pyridine rings is 1. The average Bonchev–Trinajstić information content (AvgIpc) is 3.43. The summed E-state index contributed by atoms with van der Waals surface area (Å²) in [5.74, 6) is -1.91. The second kappa shape index (κ2) is 12.8. The van der Waals surface area contributed by atoms with Crippen LogP contribution in [0.15, 0.2) is 66.1 Å². The summed E-state index contributed by atoms with van der Waals surface area (Å²) in [5, 5.41) is 19.4. The van der Waals surface area contributed by atoms with Crippen molar-refractivity contribution in [3.63, 3.8) is 0 Å². The van der Waals surface area contributed by atoms with Gasteiger partial charge in [0.2, 0.25) is 5.88 Å². The van der Waals surface area contributed by atoms with E-state index in [0.717, 1.165) is 56.3 Å². The van der Waals surface area contributed by atoms with Gasteiger partial charge in [0.05, 0.1) is 18.4 Å². The number of anilines is 1. The number of hydrogen-bond acceptors (Lipinski definition) is 8. The van der Waals surface area contributed by atoms with Crippen molar-refractivity contribution in [2.45, 2.75) is 44.8 Å². The van der Waals surface area contributed by atoms with Crippen LogP contribution < -0.4 is 10.1 Å². The zero-order valence-electron chi connectivity index (χ0n) is 23.4. The van der Waals surface area contributed by atoms with E-state index < -0.39 is 23.3 Å². The number of hydrogen-bond donors (Lipinski definition) is 3. The van der Waals surface area contributed by atoms with E-state index in [0.29, 0.717) is 12.3 Å². The first kappa shape index (κ1) is 30.1. The fraction of sp³-hybridized carbons (Fsp3) is 0.323. The quantitative estimate of drug-likeness (QED) is 0.152. The Balaban J connectivity index is 1.41. The van der Waals surface area contributed by atoms with E-state index in [1.54, 1.807) is 6.07 Å². The highest BCUT2D eigenvalue weighted by Gasteiger charge is 2.36. The molecule has 0 bridgehead atoms. The number of halogens is 3. The maximum Gasteiger partial charge on any atom is 0.419 e. The van der Waals surface area contributed by atoms with Crippen molar-refractivity contribution < 1.29 is 37.3 Å². The second-order valence-electron chi connectivity index (χ2n) is 10.2. The number of nitrogens with one attached hydrogen (secondary N) is 2. The Morgan fingerprint density at radius 1 is 1.14 bits per heavy atom. The average molecular weight is 597 g/mol. The van der Waals surface area contributed by atoms with Gasteiger partial charge in [-0.25, -0.2) is 9.78 Å². The Bertz CT molecular complexity index is 1540. The SMILES string of the molecule is CO/C(Nc1cccc(-c2cccc(C(F)(F)F)c2OCc2ccc3c(c2)CN(C2CCOCC2)C3)n1)=C(/C=N)C(=O)O. The summed E-state index contributed by atoms with van der Waals surface area (Å²) >= 11 is 0. The molecule has 1 aromatic heterocycles. The Morgan fingerprint density at radius 3 is 2.58 bits per heavy atom. The fourth-order valence-corrected chi connectivity index (χ4v) is 5.37. The fourth-order valence-electron chi connectivity index (χ4n) is 5.37. The van der Waals surface area contributed by atoms with Crippen molar-refractivity contribution in [2.24, 2.45) is 0 Å². The lowest BCUT2D eigenvalue weighted by molar-refractivity contribution is -0.139. The van der Waals surface area contributed by atoms with E-state index in [-0.39, 0.29) is 35.3 Å². The molecule has 3 N–H and O–H groups in total. The topological polar surface area (TPSA) is 117 Å². The zero-order chi connectivity index (χ0) is 30.6. The number of alkyl halides is 3. The van der Waals surface area contributed by atoms with Crippen LogP contribution in [0, 0.1) is 5.41 Å². The Kier molecular flexibility index (Phi) is 8.97. The first-order valence-electron chi connectivity index (χ1n) is 13.7. The molecule has 9 nitrogen and oxygen atoms in total. The number of rotatable bonds is 10. The minimum Gasteiger partial charge on any atom is -0.488 e. The first-order valence-corrected chi connectivity index (χ1v) is 13.7. The van der Waals surface area contributed by atoms with Crippen LogP contribution in [0.2, 0.25) is 0 Å².